The molecule has 2 aromatic rings. The summed E-state index contributed by atoms with van der Waals surface area (Å²) < 4.78 is 5.53. The highest BCUT2D eigenvalue weighted by molar-refractivity contribution is 5.90. The number of allylic oxidation sites excluding steroid dienone is 1. The summed E-state index contributed by atoms with van der Waals surface area (Å²) in [4.78, 5) is 10.6. The van der Waals surface area contributed by atoms with Crippen molar-refractivity contribution in [2.45, 2.75) is 13.3 Å². The summed E-state index contributed by atoms with van der Waals surface area (Å²) in [6.07, 6.45) is 3.56. The standard InChI is InChI=1S/C19H17NO2/c1-2-11-22-19-9-7-17(8-10-19)18(13-20)12-15-3-5-16(14-21)6-4-15/h3-10,12,14H,2,11H2,1H3/b18-12+. The Labute approximate surface area is 130 Å². The Morgan fingerprint density at radius 3 is 2.27 bits per heavy atom. The van der Waals surface area contributed by atoms with Crippen molar-refractivity contribution < 1.29 is 9.53 Å². The lowest BCUT2D eigenvalue weighted by atomic mass is 10.0. The minimum Gasteiger partial charge on any atom is -0.494 e. The van der Waals surface area contributed by atoms with Crippen LogP contribution in [0.5, 0.6) is 5.75 Å². The predicted molar refractivity (Wildman–Crippen MR) is 87.5 cm³/mol. The van der Waals surface area contributed by atoms with Gasteiger partial charge in [-0.2, -0.15) is 5.26 Å². The molecule has 0 bridgehead atoms. The zero-order chi connectivity index (χ0) is 15.8. The van der Waals surface area contributed by atoms with E-state index in [0.717, 1.165) is 29.6 Å². The first-order valence-corrected chi connectivity index (χ1v) is 7.17. The van der Waals surface area contributed by atoms with E-state index in [0.29, 0.717) is 17.7 Å². The molecule has 0 amide bonds. The Kier molecular flexibility index (Phi) is 5.50. The molecular formula is C19H17NO2. The molecule has 3 heteroatoms. The fourth-order valence-corrected chi connectivity index (χ4v) is 1.97. The smallest absolute Gasteiger partial charge is 0.150 e. The van der Waals surface area contributed by atoms with Gasteiger partial charge in [0.25, 0.3) is 0 Å². The van der Waals surface area contributed by atoms with Crippen LogP contribution in [0.1, 0.15) is 34.8 Å². The molecule has 0 unspecified atom stereocenters. The molecule has 0 heterocycles. The van der Waals surface area contributed by atoms with E-state index in [1.165, 1.54) is 0 Å². The van der Waals surface area contributed by atoms with Crippen LogP contribution in [0.2, 0.25) is 0 Å². The maximum atomic E-state index is 10.6. The van der Waals surface area contributed by atoms with Crippen LogP contribution in [-0.2, 0) is 0 Å². The van der Waals surface area contributed by atoms with E-state index in [9.17, 15) is 10.1 Å². The van der Waals surface area contributed by atoms with Crippen molar-refractivity contribution in [2.24, 2.45) is 0 Å². The number of carbonyl (C=O) groups excluding carboxylic acids is 1. The van der Waals surface area contributed by atoms with Gasteiger partial charge in [0.05, 0.1) is 18.2 Å². The molecule has 0 N–H and O–H groups in total. The van der Waals surface area contributed by atoms with Crippen LogP contribution in [0, 0.1) is 11.3 Å². The number of rotatable bonds is 6. The molecule has 0 aliphatic rings. The van der Waals surface area contributed by atoms with Crippen molar-refractivity contribution in [3.8, 4) is 11.8 Å². The van der Waals surface area contributed by atoms with Crippen molar-refractivity contribution >= 4 is 17.9 Å². The van der Waals surface area contributed by atoms with E-state index in [2.05, 4.69) is 13.0 Å². The van der Waals surface area contributed by atoms with Gasteiger partial charge in [0.1, 0.15) is 12.0 Å². The SMILES string of the molecule is CCCOc1ccc(/C(C#N)=C/c2ccc(C=O)cc2)cc1. The number of hydrogen-bond donors (Lipinski definition) is 0. The number of nitrogens with zero attached hydrogens (tertiary/aromatic N) is 1. The topological polar surface area (TPSA) is 50.1 Å². The van der Waals surface area contributed by atoms with Gasteiger partial charge in [-0.3, -0.25) is 4.79 Å². The maximum Gasteiger partial charge on any atom is 0.150 e. The van der Waals surface area contributed by atoms with Crippen LogP contribution in [0.4, 0.5) is 0 Å². The van der Waals surface area contributed by atoms with Crippen LogP contribution in [0.25, 0.3) is 11.6 Å². The first-order valence-electron chi connectivity index (χ1n) is 7.17. The largest absolute Gasteiger partial charge is 0.494 e. The average Bonchev–Trinajstić information content (AvgIpc) is 2.59. The third-order valence-electron chi connectivity index (χ3n) is 3.14. The van der Waals surface area contributed by atoms with Crippen LogP contribution in [-0.4, -0.2) is 12.9 Å². The van der Waals surface area contributed by atoms with E-state index in [1.807, 2.05) is 36.4 Å². The van der Waals surface area contributed by atoms with Gasteiger partial charge < -0.3 is 4.74 Å². The highest BCUT2D eigenvalue weighted by atomic mass is 16.5. The van der Waals surface area contributed by atoms with Crippen molar-refractivity contribution in [3.63, 3.8) is 0 Å². The molecule has 0 aromatic heterocycles. The number of ether oxygens (including phenoxy) is 1. The summed E-state index contributed by atoms with van der Waals surface area (Å²) in [5, 5.41) is 9.35. The third kappa shape index (κ3) is 4.07. The molecule has 2 rings (SSSR count). The molecule has 110 valence electrons. The number of nitriles is 1. The van der Waals surface area contributed by atoms with Crippen molar-refractivity contribution in [1.29, 1.82) is 5.26 Å². The highest BCUT2D eigenvalue weighted by Crippen LogP contribution is 2.21. The lowest BCUT2D eigenvalue weighted by Gasteiger charge is -2.05. The molecule has 0 fully saturated rings. The number of aldehydes is 1. The van der Waals surface area contributed by atoms with Crippen molar-refractivity contribution in [1.82, 2.24) is 0 Å². The highest BCUT2D eigenvalue weighted by Gasteiger charge is 2.02. The van der Waals surface area contributed by atoms with Crippen molar-refractivity contribution in [3.05, 3.63) is 65.2 Å². The van der Waals surface area contributed by atoms with Crippen LogP contribution in [0.3, 0.4) is 0 Å². The predicted octanol–water partition coefficient (Wildman–Crippen LogP) is 4.35. The average molecular weight is 291 g/mol. The molecule has 0 aliphatic carbocycles. The van der Waals surface area contributed by atoms with Gasteiger partial charge in [-0.1, -0.05) is 31.2 Å². The first-order chi connectivity index (χ1) is 10.8. The van der Waals surface area contributed by atoms with E-state index >= 15 is 0 Å². The van der Waals surface area contributed by atoms with Gasteiger partial charge in [-0.15, -0.1) is 0 Å². The third-order valence-corrected chi connectivity index (χ3v) is 3.14. The number of hydrogen-bond acceptors (Lipinski definition) is 3. The van der Waals surface area contributed by atoms with Crippen molar-refractivity contribution in [2.75, 3.05) is 6.61 Å². The Hall–Kier alpha value is -2.86. The lowest BCUT2D eigenvalue weighted by Crippen LogP contribution is -1.94. The molecule has 2 aromatic carbocycles. The van der Waals surface area contributed by atoms with Gasteiger partial charge >= 0.3 is 0 Å². The Morgan fingerprint density at radius 1 is 1.09 bits per heavy atom. The quantitative estimate of drug-likeness (QED) is 0.451. The van der Waals surface area contributed by atoms with Crippen LogP contribution in [0.15, 0.2) is 48.5 Å². The summed E-state index contributed by atoms with van der Waals surface area (Å²) in [5.74, 6) is 0.804. The van der Waals surface area contributed by atoms with Crippen LogP contribution >= 0.6 is 0 Å². The summed E-state index contributed by atoms with van der Waals surface area (Å²) in [6.45, 7) is 2.74. The fourth-order valence-electron chi connectivity index (χ4n) is 1.97. The molecule has 0 saturated carbocycles. The van der Waals surface area contributed by atoms with Gasteiger partial charge in [-0.05, 0) is 47.9 Å². The molecule has 0 spiro atoms. The van der Waals surface area contributed by atoms with Gasteiger partial charge in [0.15, 0.2) is 0 Å². The molecule has 3 nitrogen and oxygen atoms in total. The van der Waals surface area contributed by atoms with E-state index in [4.69, 9.17) is 4.74 Å². The summed E-state index contributed by atoms with van der Waals surface area (Å²) in [6, 6.07) is 16.8. The maximum absolute atomic E-state index is 10.6. The number of carbonyl (C=O) groups is 1. The minimum atomic E-state index is 0.570. The zero-order valence-corrected chi connectivity index (χ0v) is 12.5. The molecule has 0 saturated heterocycles. The van der Waals surface area contributed by atoms with E-state index in [1.54, 1.807) is 18.2 Å². The molecular weight excluding hydrogens is 274 g/mol. The summed E-state index contributed by atoms with van der Waals surface area (Å²) >= 11 is 0. The summed E-state index contributed by atoms with van der Waals surface area (Å²) in [5.41, 5.74) is 2.91. The zero-order valence-electron chi connectivity index (χ0n) is 12.5. The Balaban J connectivity index is 2.21. The minimum absolute atomic E-state index is 0.570. The summed E-state index contributed by atoms with van der Waals surface area (Å²) in [7, 11) is 0. The van der Waals surface area contributed by atoms with Gasteiger partial charge in [0.2, 0.25) is 0 Å². The normalized spacial score (nSPS) is 10.8. The second kappa shape index (κ2) is 7.80. The molecule has 0 aliphatic heterocycles. The van der Waals surface area contributed by atoms with Gasteiger partial charge in [0, 0.05) is 5.56 Å². The second-order valence-electron chi connectivity index (χ2n) is 4.83. The van der Waals surface area contributed by atoms with Crippen LogP contribution < -0.4 is 4.74 Å². The first kappa shape index (κ1) is 15.5. The van der Waals surface area contributed by atoms with E-state index < -0.39 is 0 Å². The lowest BCUT2D eigenvalue weighted by molar-refractivity contribution is 0.112. The molecule has 22 heavy (non-hydrogen) atoms. The Bertz CT molecular complexity index is 692. The van der Waals surface area contributed by atoms with E-state index in [-0.39, 0.29) is 0 Å². The monoisotopic (exact) mass is 291 g/mol. The number of benzene rings is 2. The molecule has 0 radical (unpaired) electrons. The van der Waals surface area contributed by atoms with Gasteiger partial charge in [-0.25, -0.2) is 0 Å². The second-order valence-corrected chi connectivity index (χ2v) is 4.83. The molecule has 0 atom stereocenters. The fraction of sp³-hybridized carbons (Fsp3) is 0.158. The Morgan fingerprint density at radius 2 is 1.73 bits per heavy atom.